The molecule has 1 N–H and O–H groups in total. The molecule has 0 saturated carbocycles. The normalized spacial score (nSPS) is 10.8. The Kier molecular flexibility index (Phi) is 4.15. The Hall–Kier alpha value is -1.62. The molecule has 0 aliphatic heterocycles. The maximum absolute atomic E-state index is 10.9. The van der Waals surface area contributed by atoms with Crippen LogP contribution in [-0.2, 0) is 17.8 Å². The van der Waals surface area contributed by atoms with Gasteiger partial charge in [-0.05, 0) is 12.1 Å². The Labute approximate surface area is 110 Å². The van der Waals surface area contributed by atoms with E-state index in [1.807, 2.05) is 16.7 Å². The number of carbonyl (C=O) groups is 1. The van der Waals surface area contributed by atoms with Crippen LogP contribution in [-0.4, -0.2) is 32.9 Å². The SMILES string of the molecule is CC(=O)NCCn1c(CCCl)nc2cccnc21. The van der Waals surface area contributed by atoms with Crippen LogP contribution in [0.3, 0.4) is 0 Å². The maximum Gasteiger partial charge on any atom is 0.216 e. The highest BCUT2D eigenvalue weighted by molar-refractivity contribution is 6.17. The Morgan fingerprint density at radius 1 is 1.56 bits per heavy atom. The number of fused-ring (bicyclic) bond motifs is 1. The molecule has 0 aliphatic rings. The molecule has 0 spiro atoms. The highest BCUT2D eigenvalue weighted by atomic mass is 35.5. The summed E-state index contributed by atoms with van der Waals surface area (Å²) in [6, 6.07) is 3.78. The molecule has 0 saturated heterocycles. The van der Waals surface area contributed by atoms with Crippen molar-refractivity contribution in [3.05, 3.63) is 24.2 Å². The van der Waals surface area contributed by atoms with Crippen molar-refractivity contribution in [1.82, 2.24) is 19.9 Å². The molecule has 0 atom stereocenters. The van der Waals surface area contributed by atoms with Crippen molar-refractivity contribution in [1.29, 1.82) is 0 Å². The van der Waals surface area contributed by atoms with Crippen LogP contribution in [0.1, 0.15) is 12.7 Å². The fourth-order valence-electron chi connectivity index (χ4n) is 1.86. The molecule has 2 aromatic heterocycles. The second-order valence-corrected chi connectivity index (χ2v) is 4.33. The van der Waals surface area contributed by atoms with Crippen molar-refractivity contribution in [2.75, 3.05) is 12.4 Å². The van der Waals surface area contributed by atoms with Crippen molar-refractivity contribution in [3.8, 4) is 0 Å². The number of amides is 1. The summed E-state index contributed by atoms with van der Waals surface area (Å²) in [7, 11) is 0. The van der Waals surface area contributed by atoms with Crippen LogP contribution < -0.4 is 5.32 Å². The number of hydrogen-bond donors (Lipinski definition) is 1. The van der Waals surface area contributed by atoms with Crippen molar-refractivity contribution in [3.63, 3.8) is 0 Å². The predicted molar refractivity (Wildman–Crippen MR) is 70.6 cm³/mol. The first-order valence-electron chi connectivity index (χ1n) is 5.83. The van der Waals surface area contributed by atoms with E-state index in [-0.39, 0.29) is 5.91 Å². The number of hydrogen-bond acceptors (Lipinski definition) is 3. The highest BCUT2D eigenvalue weighted by Gasteiger charge is 2.10. The van der Waals surface area contributed by atoms with E-state index in [2.05, 4.69) is 15.3 Å². The molecule has 2 rings (SSSR count). The van der Waals surface area contributed by atoms with Gasteiger partial charge in [0.1, 0.15) is 11.3 Å². The van der Waals surface area contributed by atoms with E-state index in [0.29, 0.717) is 25.4 Å². The van der Waals surface area contributed by atoms with Gasteiger partial charge in [-0.25, -0.2) is 9.97 Å². The van der Waals surface area contributed by atoms with Gasteiger partial charge < -0.3 is 9.88 Å². The highest BCUT2D eigenvalue weighted by Crippen LogP contribution is 2.14. The topological polar surface area (TPSA) is 59.8 Å². The van der Waals surface area contributed by atoms with Crippen molar-refractivity contribution < 1.29 is 4.79 Å². The van der Waals surface area contributed by atoms with Gasteiger partial charge in [0.2, 0.25) is 5.91 Å². The summed E-state index contributed by atoms with van der Waals surface area (Å²) in [6.45, 7) is 2.72. The van der Waals surface area contributed by atoms with E-state index in [4.69, 9.17) is 11.6 Å². The van der Waals surface area contributed by atoms with Crippen LogP contribution in [0.15, 0.2) is 18.3 Å². The largest absolute Gasteiger partial charge is 0.355 e. The zero-order chi connectivity index (χ0) is 13.0. The first-order chi connectivity index (χ1) is 8.72. The number of pyridine rings is 1. The zero-order valence-corrected chi connectivity index (χ0v) is 10.9. The first kappa shape index (κ1) is 12.8. The molecule has 96 valence electrons. The summed E-state index contributed by atoms with van der Waals surface area (Å²) >= 11 is 5.78. The number of rotatable bonds is 5. The summed E-state index contributed by atoms with van der Waals surface area (Å²) in [6.07, 6.45) is 2.43. The fraction of sp³-hybridized carbons (Fsp3) is 0.417. The number of carbonyl (C=O) groups excluding carboxylic acids is 1. The monoisotopic (exact) mass is 266 g/mol. The average molecular weight is 267 g/mol. The van der Waals surface area contributed by atoms with E-state index in [1.54, 1.807) is 6.20 Å². The number of alkyl halides is 1. The predicted octanol–water partition coefficient (Wildman–Crippen LogP) is 1.35. The first-order valence-corrected chi connectivity index (χ1v) is 6.36. The second-order valence-electron chi connectivity index (χ2n) is 3.95. The fourth-order valence-corrected chi connectivity index (χ4v) is 2.03. The van der Waals surface area contributed by atoms with Crippen LogP contribution in [0.2, 0.25) is 0 Å². The van der Waals surface area contributed by atoms with Gasteiger partial charge in [-0.15, -0.1) is 11.6 Å². The molecule has 0 unspecified atom stereocenters. The number of halogens is 1. The van der Waals surface area contributed by atoms with E-state index in [0.717, 1.165) is 17.0 Å². The quantitative estimate of drug-likeness (QED) is 0.831. The van der Waals surface area contributed by atoms with Crippen molar-refractivity contribution >= 4 is 28.7 Å². The number of nitrogens with zero attached hydrogens (tertiary/aromatic N) is 3. The van der Waals surface area contributed by atoms with Crippen LogP contribution in [0.5, 0.6) is 0 Å². The minimum Gasteiger partial charge on any atom is -0.355 e. The molecule has 6 heteroatoms. The summed E-state index contributed by atoms with van der Waals surface area (Å²) < 4.78 is 2.01. The van der Waals surface area contributed by atoms with E-state index < -0.39 is 0 Å². The maximum atomic E-state index is 10.9. The molecule has 0 fully saturated rings. The molecule has 2 aromatic rings. The van der Waals surface area contributed by atoms with Gasteiger partial charge in [-0.2, -0.15) is 0 Å². The Bertz CT molecular complexity index is 552. The number of aromatic nitrogens is 3. The molecule has 5 nitrogen and oxygen atoms in total. The summed E-state index contributed by atoms with van der Waals surface area (Å²) in [5.74, 6) is 1.39. The Morgan fingerprint density at radius 3 is 3.11 bits per heavy atom. The van der Waals surface area contributed by atoms with Crippen LogP contribution in [0, 0.1) is 0 Å². The van der Waals surface area contributed by atoms with Gasteiger partial charge in [0.15, 0.2) is 5.65 Å². The Morgan fingerprint density at radius 2 is 2.39 bits per heavy atom. The van der Waals surface area contributed by atoms with Gasteiger partial charge in [-0.1, -0.05) is 0 Å². The number of aryl methyl sites for hydroxylation is 1. The summed E-state index contributed by atoms with van der Waals surface area (Å²) in [5.41, 5.74) is 1.70. The van der Waals surface area contributed by atoms with Gasteiger partial charge in [0.05, 0.1) is 0 Å². The summed E-state index contributed by atoms with van der Waals surface area (Å²) in [5, 5.41) is 2.77. The molecular weight excluding hydrogens is 252 g/mol. The molecule has 1 amide bonds. The van der Waals surface area contributed by atoms with Crippen molar-refractivity contribution in [2.24, 2.45) is 0 Å². The molecule has 0 bridgehead atoms. The number of nitrogens with one attached hydrogen (secondary N) is 1. The third kappa shape index (κ3) is 2.79. The zero-order valence-electron chi connectivity index (χ0n) is 10.2. The van der Waals surface area contributed by atoms with Gasteiger partial charge in [-0.3, -0.25) is 4.79 Å². The molecule has 0 radical (unpaired) electrons. The van der Waals surface area contributed by atoms with Crippen LogP contribution in [0.4, 0.5) is 0 Å². The van der Waals surface area contributed by atoms with E-state index >= 15 is 0 Å². The number of imidazole rings is 1. The minimum atomic E-state index is -0.0359. The lowest BCUT2D eigenvalue weighted by atomic mass is 10.4. The molecule has 2 heterocycles. The van der Waals surface area contributed by atoms with Crippen LogP contribution >= 0.6 is 11.6 Å². The third-order valence-electron chi connectivity index (χ3n) is 2.61. The Balaban J connectivity index is 2.26. The third-order valence-corrected chi connectivity index (χ3v) is 2.80. The lowest BCUT2D eigenvalue weighted by molar-refractivity contribution is -0.118. The lowest BCUT2D eigenvalue weighted by Gasteiger charge is -2.08. The molecule has 0 aromatic carbocycles. The van der Waals surface area contributed by atoms with E-state index in [9.17, 15) is 4.79 Å². The van der Waals surface area contributed by atoms with Crippen molar-refractivity contribution in [2.45, 2.75) is 19.9 Å². The van der Waals surface area contributed by atoms with Gasteiger partial charge >= 0.3 is 0 Å². The second kappa shape index (κ2) is 5.82. The standard InChI is InChI=1S/C12H15ClN4O/c1-9(18)14-7-8-17-11(4-5-13)16-10-3-2-6-15-12(10)17/h2-3,6H,4-5,7-8H2,1H3,(H,14,18). The lowest BCUT2D eigenvalue weighted by Crippen LogP contribution is -2.25. The molecule has 18 heavy (non-hydrogen) atoms. The minimum absolute atomic E-state index is 0.0359. The van der Waals surface area contributed by atoms with Gasteiger partial charge in [0.25, 0.3) is 0 Å². The van der Waals surface area contributed by atoms with Gasteiger partial charge in [0, 0.05) is 38.5 Å². The molecular formula is C12H15ClN4O. The van der Waals surface area contributed by atoms with E-state index in [1.165, 1.54) is 6.92 Å². The summed E-state index contributed by atoms with van der Waals surface area (Å²) in [4.78, 5) is 19.7. The molecule has 0 aliphatic carbocycles. The smallest absolute Gasteiger partial charge is 0.216 e. The van der Waals surface area contributed by atoms with Crippen LogP contribution in [0.25, 0.3) is 11.2 Å². The average Bonchev–Trinajstić information content (AvgIpc) is 2.68.